The average Bonchev–Trinajstić information content (AvgIpc) is 4.02. The van der Waals surface area contributed by atoms with Gasteiger partial charge in [0.15, 0.2) is 0 Å². The molecule has 0 radical (unpaired) electrons. The third-order valence-electron chi connectivity index (χ3n) is 16.5. The maximum atomic E-state index is 14.2. The maximum Gasteiger partial charge on any atom is 0.501 e. The molecule has 10 rings (SSSR count). The van der Waals surface area contributed by atoms with Crippen molar-refractivity contribution in [2.24, 2.45) is 10.8 Å². The molecule has 0 unspecified atom stereocenters. The second-order valence-electron chi connectivity index (χ2n) is 22.0. The van der Waals surface area contributed by atoms with E-state index in [4.69, 9.17) is 21.1 Å². The van der Waals surface area contributed by atoms with Gasteiger partial charge in [0.25, 0.3) is 25.8 Å². The number of sulfone groups is 1. The van der Waals surface area contributed by atoms with Crippen molar-refractivity contribution in [3.63, 3.8) is 0 Å². The number of hydrogen-bond donors (Lipinski definition) is 4. The van der Waals surface area contributed by atoms with Crippen molar-refractivity contribution in [2.45, 2.75) is 73.6 Å². The van der Waals surface area contributed by atoms with Gasteiger partial charge in [-0.15, -0.1) is 0 Å². The third kappa shape index (κ3) is 13.0. The molecule has 4 aliphatic heterocycles. The smallest absolute Gasteiger partial charge is 0.455 e. The summed E-state index contributed by atoms with van der Waals surface area (Å²) in [6, 6.07) is 18.9. The Labute approximate surface area is 460 Å². The number of aromatic nitrogens is 2. The Kier molecular flexibility index (Phi) is 16.8. The summed E-state index contributed by atoms with van der Waals surface area (Å²) in [4.78, 5) is 29.0. The van der Waals surface area contributed by atoms with Gasteiger partial charge in [0.2, 0.25) is 0 Å². The minimum absolute atomic E-state index is 0.00448. The number of sulfonamides is 1. The lowest BCUT2D eigenvalue weighted by atomic mass is 9.69. The van der Waals surface area contributed by atoms with E-state index in [0.717, 1.165) is 89.1 Å². The number of carbonyl (C=O) groups is 1. The molecule has 1 aliphatic carbocycles. The number of aromatic amines is 1. The first-order valence-electron chi connectivity index (χ1n) is 27.0. The van der Waals surface area contributed by atoms with E-state index < -0.39 is 46.8 Å². The van der Waals surface area contributed by atoms with Crippen LogP contribution in [0.25, 0.3) is 16.6 Å². The van der Waals surface area contributed by atoms with Gasteiger partial charge in [0.05, 0.1) is 35.6 Å². The predicted molar refractivity (Wildman–Crippen MR) is 297 cm³/mol. The highest BCUT2D eigenvalue weighted by atomic mass is 35.5. The van der Waals surface area contributed by atoms with Crippen LogP contribution in [0.5, 0.6) is 11.5 Å². The fourth-order valence-corrected chi connectivity index (χ4v) is 14.2. The molecule has 5 aliphatic rings. The van der Waals surface area contributed by atoms with Crippen molar-refractivity contribution >= 4 is 65.3 Å². The van der Waals surface area contributed by atoms with Crippen LogP contribution in [0, 0.1) is 10.8 Å². The molecule has 420 valence electrons. The van der Waals surface area contributed by atoms with Gasteiger partial charge in [-0.1, -0.05) is 36.2 Å². The Bertz CT molecular complexity index is 3200. The van der Waals surface area contributed by atoms with Gasteiger partial charge in [-0.2, -0.15) is 13.2 Å². The maximum absolute atomic E-state index is 14.2. The van der Waals surface area contributed by atoms with Crippen molar-refractivity contribution in [1.29, 1.82) is 0 Å². The first kappa shape index (κ1) is 56.0. The number of fused-ring (bicyclic) bond motifs is 1. The number of alkyl halides is 3. The molecular formula is C56H69ClF3N9O7S2. The lowest BCUT2D eigenvalue weighted by Gasteiger charge is -2.48. The van der Waals surface area contributed by atoms with Gasteiger partial charge in [0.1, 0.15) is 22.0 Å². The Balaban J connectivity index is 0.851. The number of amides is 1. The van der Waals surface area contributed by atoms with Crippen molar-refractivity contribution < 1.29 is 44.3 Å². The first-order valence-corrected chi connectivity index (χ1v) is 30.4. The number of allylic oxidation sites excluding steroid dienone is 1. The van der Waals surface area contributed by atoms with Crippen LogP contribution in [-0.4, -0.2) is 158 Å². The summed E-state index contributed by atoms with van der Waals surface area (Å²) < 4.78 is 110. The fourth-order valence-electron chi connectivity index (χ4n) is 12.0. The number of rotatable bonds is 17. The summed E-state index contributed by atoms with van der Waals surface area (Å²) in [7, 11) is -11.0. The molecular weight excluding hydrogens is 1070 g/mol. The molecule has 22 heteroatoms. The van der Waals surface area contributed by atoms with Gasteiger partial charge in [-0.3, -0.25) is 14.6 Å². The largest absolute Gasteiger partial charge is 0.501 e. The number of piperidine rings is 2. The molecule has 0 bridgehead atoms. The van der Waals surface area contributed by atoms with Crippen LogP contribution in [0.4, 0.5) is 24.5 Å². The van der Waals surface area contributed by atoms with Crippen molar-refractivity contribution in [1.82, 2.24) is 34.7 Å². The molecule has 6 heterocycles. The van der Waals surface area contributed by atoms with Crippen LogP contribution in [0.1, 0.15) is 74.2 Å². The average molecular weight is 1140 g/mol. The Morgan fingerprint density at radius 2 is 1.59 bits per heavy atom. The first-order chi connectivity index (χ1) is 37.3. The number of carbonyl (C=O) groups excluding carboxylic acids is 1. The quantitative estimate of drug-likeness (QED) is 0.0649. The molecule has 1 spiro atoms. The second-order valence-corrected chi connectivity index (χ2v) is 26.0. The van der Waals surface area contributed by atoms with E-state index in [2.05, 4.69) is 59.3 Å². The predicted octanol–water partition coefficient (Wildman–Crippen LogP) is 8.79. The molecule has 2 aromatic heterocycles. The van der Waals surface area contributed by atoms with Crippen molar-refractivity contribution in [3.8, 4) is 11.5 Å². The fraction of sp³-hybridized carbons (Fsp3) is 0.500. The van der Waals surface area contributed by atoms with Gasteiger partial charge >= 0.3 is 5.51 Å². The third-order valence-corrected chi connectivity index (χ3v) is 19.7. The summed E-state index contributed by atoms with van der Waals surface area (Å²) in [5.74, 6) is -0.904. The molecule has 78 heavy (non-hydrogen) atoms. The zero-order chi connectivity index (χ0) is 54.7. The molecule has 4 fully saturated rings. The molecule has 1 amide bonds. The number of pyridine rings is 1. The van der Waals surface area contributed by atoms with Crippen LogP contribution >= 0.6 is 11.6 Å². The molecule has 0 saturated carbocycles. The Morgan fingerprint density at radius 3 is 2.32 bits per heavy atom. The number of morpholine rings is 1. The zero-order valence-electron chi connectivity index (χ0n) is 44.0. The number of hydrogen-bond acceptors (Lipinski definition) is 14. The summed E-state index contributed by atoms with van der Waals surface area (Å²) in [6.07, 6.45) is 11.9. The summed E-state index contributed by atoms with van der Waals surface area (Å²) in [5.41, 5.74) is -0.351. The summed E-state index contributed by atoms with van der Waals surface area (Å²) in [5, 5.41) is 7.72. The van der Waals surface area contributed by atoms with E-state index in [-0.39, 0.29) is 29.0 Å². The Hall–Kier alpha value is -5.26. The van der Waals surface area contributed by atoms with Gasteiger partial charge in [0, 0.05) is 87.3 Å². The zero-order valence-corrected chi connectivity index (χ0v) is 46.4. The number of ether oxygens (including phenoxy) is 2. The number of likely N-dealkylation sites (tertiary alicyclic amines) is 1. The highest BCUT2D eigenvalue weighted by molar-refractivity contribution is 7.92. The summed E-state index contributed by atoms with van der Waals surface area (Å²) in [6.45, 7) is 14.9. The van der Waals surface area contributed by atoms with E-state index >= 15 is 0 Å². The molecule has 3 aromatic carbocycles. The van der Waals surface area contributed by atoms with Crippen molar-refractivity contribution in [2.75, 3.05) is 115 Å². The number of halogens is 4. The standard InChI is InChI=1S/C56H69ClF3N9O7S2/c1-54(39-68-23-16-55(17-24-68)14-20-61-21-15-55)13-11-47(40-3-5-43(57)6-4-40)42(36-54)38-67-25-27-69(28-26-67)44-7-9-48(50(34-44)76-45-33-41-12-19-63-52(41)64-37-45)53(70)65-78(73,74)46-8-10-49(51(35-46)77(71,72)56(58,59)60)62-18-2-22-66-29-31-75-32-30-66/h3-10,12,19,33-35,37,61-62H,2,11,13-18,20-32,36,38-39H2,1H3,(H,63,64)(H,65,70)/t54-/m1/s1. The van der Waals surface area contributed by atoms with Crippen LogP contribution in [0.3, 0.4) is 0 Å². The number of H-pyrrole nitrogens is 1. The molecule has 4 N–H and O–H groups in total. The highest BCUT2D eigenvalue weighted by Gasteiger charge is 2.48. The van der Waals surface area contributed by atoms with E-state index in [1.165, 1.54) is 54.7 Å². The number of anilines is 2. The molecule has 4 saturated heterocycles. The topological polar surface area (TPSA) is 182 Å². The van der Waals surface area contributed by atoms with E-state index in [1.54, 1.807) is 30.5 Å². The number of benzene rings is 3. The molecule has 16 nitrogen and oxygen atoms in total. The lowest BCUT2D eigenvalue weighted by Crippen LogP contribution is -2.49. The Morgan fingerprint density at radius 1 is 0.846 bits per heavy atom. The normalized spacial score (nSPS) is 21.3. The molecule has 1 atom stereocenters. The molecule has 5 aromatic rings. The van der Waals surface area contributed by atoms with Gasteiger partial charge < -0.3 is 34.9 Å². The van der Waals surface area contributed by atoms with E-state index in [1.807, 2.05) is 16.9 Å². The minimum atomic E-state index is -6.05. The highest BCUT2D eigenvalue weighted by Crippen LogP contribution is 2.46. The number of nitrogens with one attached hydrogen (secondary N) is 4. The monoisotopic (exact) mass is 1140 g/mol. The van der Waals surface area contributed by atoms with Crippen LogP contribution in [0.15, 0.2) is 101 Å². The number of piperazine rings is 1. The van der Waals surface area contributed by atoms with E-state index in [0.29, 0.717) is 80.2 Å². The van der Waals surface area contributed by atoms with E-state index in [9.17, 15) is 34.8 Å². The van der Waals surface area contributed by atoms with Crippen LogP contribution < -0.4 is 25.0 Å². The van der Waals surface area contributed by atoms with Gasteiger partial charge in [-0.05, 0) is 161 Å². The SMILES string of the molecule is C[C@@]1(CN2CCC3(CCNCC3)CC2)CCC(c2ccc(Cl)cc2)=C(CN2CCN(c3ccc(C(=O)NS(=O)(=O)c4ccc(NCCCN5CCOCC5)c(S(=O)(=O)C(F)(F)F)c4)c(Oc4cnc5[nH]ccc5c4)c3)CC2)C1. The van der Waals surface area contributed by atoms with Gasteiger partial charge in [-0.25, -0.2) is 26.5 Å². The number of nitrogens with zero attached hydrogens (tertiary/aromatic N) is 5. The minimum Gasteiger partial charge on any atom is -0.455 e. The van der Waals surface area contributed by atoms with Crippen molar-refractivity contribution in [3.05, 3.63) is 107 Å². The summed E-state index contributed by atoms with van der Waals surface area (Å²) >= 11 is 6.37. The second kappa shape index (κ2) is 23.4. The lowest BCUT2D eigenvalue weighted by molar-refractivity contribution is -0.0435. The van der Waals surface area contributed by atoms with Crippen LogP contribution in [-0.2, 0) is 24.6 Å². The van der Waals surface area contributed by atoms with Crippen LogP contribution in [0.2, 0.25) is 5.02 Å².